The van der Waals surface area contributed by atoms with Crippen molar-refractivity contribution < 1.29 is 14.3 Å². The number of likely N-dealkylation sites (N-methyl/N-ethyl adjacent to an activating group) is 1. The molecule has 1 heterocycles. The van der Waals surface area contributed by atoms with E-state index in [-0.39, 0.29) is 24.7 Å². The SMILES string of the molecule is COC(=O)CN(C)[C@H]1CCc2c(-c3nnc(-c4ccc(OC(C)C)c(C#N)c4)s3)cccc21. The van der Waals surface area contributed by atoms with Gasteiger partial charge < -0.3 is 9.47 Å². The summed E-state index contributed by atoms with van der Waals surface area (Å²) in [5.74, 6) is 0.335. The number of ether oxygens (including phenoxy) is 2. The van der Waals surface area contributed by atoms with Gasteiger partial charge >= 0.3 is 5.97 Å². The van der Waals surface area contributed by atoms with Gasteiger partial charge in [-0.2, -0.15) is 5.26 Å². The van der Waals surface area contributed by atoms with Crippen molar-refractivity contribution in [1.29, 1.82) is 5.26 Å². The number of nitriles is 1. The van der Waals surface area contributed by atoms with Gasteiger partial charge in [-0.05, 0) is 63.1 Å². The Hall–Kier alpha value is -3.28. The fourth-order valence-corrected chi connectivity index (χ4v) is 5.12. The molecule has 1 aliphatic rings. The maximum atomic E-state index is 11.7. The van der Waals surface area contributed by atoms with E-state index in [9.17, 15) is 10.1 Å². The number of aromatic nitrogens is 2. The number of esters is 1. The van der Waals surface area contributed by atoms with E-state index in [0.29, 0.717) is 11.3 Å². The van der Waals surface area contributed by atoms with E-state index in [2.05, 4.69) is 28.4 Å². The first-order valence-corrected chi connectivity index (χ1v) is 11.7. The second-order valence-corrected chi connectivity index (χ2v) is 9.30. The lowest BCUT2D eigenvalue weighted by Gasteiger charge is -2.24. The van der Waals surface area contributed by atoms with Gasteiger partial charge in [0.25, 0.3) is 0 Å². The van der Waals surface area contributed by atoms with Crippen molar-refractivity contribution in [3.63, 3.8) is 0 Å². The van der Waals surface area contributed by atoms with E-state index in [4.69, 9.17) is 9.47 Å². The fraction of sp³-hybridized carbons (Fsp3) is 0.360. The zero-order valence-electron chi connectivity index (χ0n) is 19.2. The van der Waals surface area contributed by atoms with Crippen LogP contribution < -0.4 is 4.74 Å². The summed E-state index contributed by atoms with van der Waals surface area (Å²) in [6, 6.07) is 14.1. The lowest BCUT2D eigenvalue weighted by Crippen LogP contribution is -2.29. The van der Waals surface area contributed by atoms with Gasteiger partial charge in [-0.25, -0.2) is 0 Å². The van der Waals surface area contributed by atoms with Gasteiger partial charge in [0.15, 0.2) is 0 Å². The third-order valence-electron chi connectivity index (χ3n) is 5.74. The molecule has 7 nitrogen and oxygen atoms in total. The minimum absolute atomic E-state index is 0.00764. The molecular formula is C25H26N4O3S. The minimum atomic E-state index is -0.238. The number of hydrogen-bond donors (Lipinski definition) is 0. The maximum absolute atomic E-state index is 11.7. The zero-order chi connectivity index (χ0) is 23.5. The third-order valence-corrected chi connectivity index (χ3v) is 6.75. The Morgan fingerprint density at radius 1 is 1.27 bits per heavy atom. The first-order chi connectivity index (χ1) is 15.9. The van der Waals surface area contributed by atoms with Crippen molar-refractivity contribution in [3.05, 3.63) is 53.1 Å². The minimum Gasteiger partial charge on any atom is -0.490 e. The molecule has 0 N–H and O–H groups in total. The molecule has 1 atom stereocenters. The molecule has 8 heteroatoms. The van der Waals surface area contributed by atoms with Gasteiger partial charge in [0.2, 0.25) is 0 Å². The molecule has 0 saturated carbocycles. The molecule has 0 saturated heterocycles. The van der Waals surface area contributed by atoms with Crippen LogP contribution in [0.1, 0.15) is 43.0 Å². The van der Waals surface area contributed by atoms with E-state index in [1.807, 2.05) is 44.0 Å². The van der Waals surface area contributed by atoms with Crippen LogP contribution in [0.5, 0.6) is 5.75 Å². The van der Waals surface area contributed by atoms with Gasteiger partial charge in [0.05, 0.1) is 25.3 Å². The predicted octanol–water partition coefficient (Wildman–Crippen LogP) is 4.62. The molecule has 1 aromatic heterocycles. The van der Waals surface area contributed by atoms with Crippen molar-refractivity contribution in [1.82, 2.24) is 15.1 Å². The fourth-order valence-electron chi connectivity index (χ4n) is 4.22. The topological polar surface area (TPSA) is 88.3 Å². The summed E-state index contributed by atoms with van der Waals surface area (Å²) in [6.07, 6.45) is 1.84. The first-order valence-electron chi connectivity index (χ1n) is 10.8. The van der Waals surface area contributed by atoms with Crippen molar-refractivity contribution in [3.8, 4) is 33.0 Å². The van der Waals surface area contributed by atoms with Gasteiger partial charge in [0, 0.05) is 17.2 Å². The highest BCUT2D eigenvalue weighted by molar-refractivity contribution is 7.17. The molecule has 1 aliphatic carbocycles. The Morgan fingerprint density at radius 2 is 2.06 bits per heavy atom. The molecule has 0 spiro atoms. The van der Waals surface area contributed by atoms with Gasteiger partial charge in [0.1, 0.15) is 21.8 Å². The molecule has 0 amide bonds. The Bertz CT molecular complexity index is 1210. The van der Waals surface area contributed by atoms with E-state index in [1.54, 1.807) is 6.07 Å². The smallest absolute Gasteiger partial charge is 0.319 e. The van der Waals surface area contributed by atoms with E-state index in [1.165, 1.54) is 29.6 Å². The number of hydrogen-bond acceptors (Lipinski definition) is 8. The highest BCUT2D eigenvalue weighted by Crippen LogP contribution is 2.42. The molecule has 2 aromatic carbocycles. The van der Waals surface area contributed by atoms with Crippen molar-refractivity contribution >= 4 is 17.3 Å². The first kappa shape index (κ1) is 22.9. The van der Waals surface area contributed by atoms with Crippen LogP contribution in [-0.4, -0.2) is 47.9 Å². The predicted molar refractivity (Wildman–Crippen MR) is 127 cm³/mol. The largest absolute Gasteiger partial charge is 0.490 e. The monoisotopic (exact) mass is 462 g/mol. The standard InChI is InChI=1S/C25H26N4O3S/c1-15(2)32-22-11-8-16(12-17(22)13-26)24-27-28-25(33-24)20-7-5-6-19-18(20)9-10-21(19)29(3)14-23(30)31-4/h5-8,11-12,15,21H,9-10,14H2,1-4H3/t21-/m0/s1. The number of benzene rings is 2. The lowest BCUT2D eigenvalue weighted by molar-refractivity contribution is -0.142. The van der Waals surface area contributed by atoms with Crippen LogP contribution in [0.4, 0.5) is 0 Å². The van der Waals surface area contributed by atoms with Gasteiger partial charge in [-0.1, -0.05) is 29.5 Å². The highest BCUT2D eigenvalue weighted by Gasteiger charge is 2.29. The Kier molecular flexibility index (Phi) is 6.72. The third kappa shape index (κ3) is 4.75. The summed E-state index contributed by atoms with van der Waals surface area (Å²) in [5, 5.41) is 20.0. The Morgan fingerprint density at radius 3 is 2.79 bits per heavy atom. The number of fused-ring (bicyclic) bond motifs is 1. The summed E-state index contributed by atoms with van der Waals surface area (Å²) in [4.78, 5) is 13.8. The summed E-state index contributed by atoms with van der Waals surface area (Å²) in [7, 11) is 3.36. The maximum Gasteiger partial charge on any atom is 0.319 e. The average molecular weight is 463 g/mol. The summed E-state index contributed by atoms with van der Waals surface area (Å²) in [5.41, 5.74) is 4.87. The highest BCUT2D eigenvalue weighted by atomic mass is 32.1. The Balaban J connectivity index is 1.62. The second kappa shape index (κ2) is 9.69. The molecule has 33 heavy (non-hydrogen) atoms. The van der Waals surface area contributed by atoms with E-state index >= 15 is 0 Å². The average Bonchev–Trinajstić information content (AvgIpc) is 3.46. The zero-order valence-corrected chi connectivity index (χ0v) is 20.0. The van der Waals surface area contributed by atoms with Crippen LogP contribution in [0.2, 0.25) is 0 Å². The Labute approximate surface area is 197 Å². The second-order valence-electron chi connectivity index (χ2n) is 8.32. The molecule has 4 rings (SSSR count). The molecule has 0 unspecified atom stereocenters. The van der Waals surface area contributed by atoms with Gasteiger partial charge in [-0.3, -0.25) is 9.69 Å². The van der Waals surface area contributed by atoms with E-state index in [0.717, 1.165) is 34.0 Å². The van der Waals surface area contributed by atoms with Crippen LogP contribution in [0.3, 0.4) is 0 Å². The van der Waals surface area contributed by atoms with Crippen molar-refractivity contribution in [2.24, 2.45) is 0 Å². The van der Waals surface area contributed by atoms with Crippen LogP contribution >= 0.6 is 11.3 Å². The molecule has 0 fully saturated rings. The summed E-state index contributed by atoms with van der Waals surface area (Å²) < 4.78 is 10.5. The van der Waals surface area contributed by atoms with Gasteiger partial charge in [-0.15, -0.1) is 10.2 Å². The summed E-state index contributed by atoms with van der Waals surface area (Å²) in [6.45, 7) is 4.12. The van der Waals surface area contributed by atoms with Crippen molar-refractivity contribution in [2.75, 3.05) is 20.7 Å². The van der Waals surface area contributed by atoms with Crippen LogP contribution in [0.25, 0.3) is 21.1 Å². The normalized spacial score (nSPS) is 14.9. The number of carbonyl (C=O) groups excluding carboxylic acids is 1. The number of rotatable bonds is 7. The molecule has 0 radical (unpaired) electrons. The summed E-state index contributed by atoms with van der Waals surface area (Å²) >= 11 is 1.51. The molecule has 3 aromatic rings. The molecular weight excluding hydrogens is 436 g/mol. The number of methoxy groups -OCH3 is 1. The van der Waals surface area contributed by atoms with Crippen molar-refractivity contribution in [2.45, 2.75) is 38.8 Å². The van der Waals surface area contributed by atoms with E-state index < -0.39 is 0 Å². The van der Waals surface area contributed by atoms with Crippen LogP contribution in [0, 0.1) is 11.3 Å². The molecule has 0 bridgehead atoms. The molecule has 170 valence electrons. The molecule has 0 aliphatic heterocycles. The number of carbonyl (C=O) groups is 1. The van der Waals surface area contributed by atoms with Crippen LogP contribution in [0.15, 0.2) is 36.4 Å². The number of nitrogens with zero attached hydrogens (tertiary/aromatic N) is 4. The van der Waals surface area contributed by atoms with Crippen LogP contribution in [-0.2, 0) is 16.0 Å². The lowest BCUT2D eigenvalue weighted by atomic mass is 10.0. The quantitative estimate of drug-likeness (QED) is 0.473.